The van der Waals surface area contributed by atoms with Crippen molar-refractivity contribution in [3.05, 3.63) is 71.0 Å². The summed E-state index contributed by atoms with van der Waals surface area (Å²) in [6, 6.07) is 16.3. The number of rotatable bonds is 0. The maximum absolute atomic E-state index is 6.64. The van der Waals surface area contributed by atoms with Crippen LogP contribution in [0.4, 0.5) is 11.4 Å². The Labute approximate surface area is 150 Å². The molecule has 2 heterocycles. The zero-order valence-corrected chi connectivity index (χ0v) is 14.2. The predicted octanol–water partition coefficient (Wildman–Crippen LogP) is 3.81. The van der Waals surface area contributed by atoms with Crippen LogP contribution in [0.5, 0.6) is 0 Å². The van der Waals surface area contributed by atoms with Gasteiger partial charge in [0.1, 0.15) is 0 Å². The SMILES string of the molecule is Nc1c2c(nc3ccccc13)CC1Cc3nc4ccccc4c(N)c3C21. The van der Waals surface area contributed by atoms with E-state index >= 15 is 0 Å². The van der Waals surface area contributed by atoms with Gasteiger partial charge >= 0.3 is 0 Å². The Morgan fingerprint density at radius 2 is 1.15 bits per heavy atom. The lowest BCUT2D eigenvalue weighted by Gasteiger charge is -2.18. The molecule has 26 heavy (non-hydrogen) atoms. The van der Waals surface area contributed by atoms with E-state index in [2.05, 4.69) is 12.1 Å². The summed E-state index contributed by atoms with van der Waals surface area (Å²) in [6.07, 6.45) is 1.89. The van der Waals surface area contributed by atoms with Crippen LogP contribution in [0, 0.1) is 5.92 Å². The molecule has 2 aliphatic carbocycles. The van der Waals surface area contributed by atoms with Crippen LogP contribution in [0.3, 0.4) is 0 Å². The Hall–Kier alpha value is -3.14. The van der Waals surface area contributed by atoms with E-state index in [9.17, 15) is 0 Å². The molecule has 6 rings (SSSR count). The number of nitrogens with two attached hydrogens (primary N) is 2. The lowest BCUT2D eigenvalue weighted by Crippen LogP contribution is -2.07. The zero-order chi connectivity index (χ0) is 17.4. The monoisotopic (exact) mass is 338 g/mol. The Balaban J connectivity index is 1.66. The molecular weight excluding hydrogens is 320 g/mol. The first-order valence-electron chi connectivity index (χ1n) is 9.06. The molecule has 0 saturated heterocycles. The topological polar surface area (TPSA) is 77.8 Å². The minimum Gasteiger partial charge on any atom is -0.398 e. The number of nitrogen functional groups attached to an aromatic ring is 2. The van der Waals surface area contributed by atoms with Gasteiger partial charge in [-0.1, -0.05) is 36.4 Å². The molecule has 4 N–H and O–H groups in total. The van der Waals surface area contributed by atoms with Crippen LogP contribution >= 0.6 is 0 Å². The third kappa shape index (κ3) is 1.64. The average Bonchev–Trinajstić information content (AvgIpc) is 3.17. The molecule has 0 unspecified atom stereocenters. The van der Waals surface area contributed by atoms with Gasteiger partial charge in [-0.3, -0.25) is 9.97 Å². The van der Waals surface area contributed by atoms with E-state index in [0.29, 0.717) is 5.92 Å². The number of anilines is 2. The molecule has 0 amide bonds. The minimum absolute atomic E-state index is 0.217. The normalized spacial score (nSPS) is 20.3. The molecule has 0 radical (unpaired) electrons. The molecule has 2 aliphatic rings. The molecule has 4 nitrogen and oxygen atoms in total. The molecule has 4 aromatic rings. The van der Waals surface area contributed by atoms with Crippen molar-refractivity contribution >= 4 is 33.2 Å². The fourth-order valence-corrected chi connectivity index (χ4v) is 5.04. The van der Waals surface area contributed by atoms with Gasteiger partial charge in [0.25, 0.3) is 0 Å². The van der Waals surface area contributed by atoms with Crippen LogP contribution in [0.1, 0.15) is 28.4 Å². The van der Waals surface area contributed by atoms with Crippen molar-refractivity contribution in [2.24, 2.45) is 5.92 Å². The van der Waals surface area contributed by atoms with Gasteiger partial charge in [-0.25, -0.2) is 0 Å². The second-order valence-corrected chi connectivity index (χ2v) is 7.45. The van der Waals surface area contributed by atoms with Crippen molar-refractivity contribution < 1.29 is 0 Å². The molecule has 0 bridgehead atoms. The van der Waals surface area contributed by atoms with Crippen molar-refractivity contribution in [2.45, 2.75) is 18.8 Å². The Morgan fingerprint density at radius 3 is 1.65 bits per heavy atom. The summed E-state index contributed by atoms with van der Waals surface area (Å²) < 4.78 is 0. The predicted molar refractivity (Wildman–Crippen MR) is 105 cm³/mol. The summed E-state index contributed by atoms with van der Waals surface area (Å²) >= 11 is 0. The summed E-state index contributed by atoms with van der Waals surface area (Å²) in [7, 11) is 0. The molecule has 2 aromatic carbocycles. The summed E-state index contributed by atoms with van der Waals surface area (Å²) in [4.78, 5) is 9.85. The van der Waals surface area contributed by atoms with Crippen molar-refractivity contribution in [1.82, 2.24) is 9.97 Å². The van der Waals surface area contributed by atoms with Crippen LogP contribution in [-0.4, -0.2) is 9.97 Å². The third-order valence-electron chi connectivity index (χ3n) is 6.11. The van der Waals surface area contributed by atoms with Crippen LogP contribution in [0.25, 0.3) is 21.8 Å². The van der Waals surface area contributed by atoms with Crippen molar-refractivity contribution in [2.75, 3.05) is 11.5 Å². The maximum atomic E-state index is 6.64. The van der Waals surface area contributed by atoms with Gasteiger partial charge in [0, 0.05) is 50.6 Å². The number of para-hydroxylation sites is 2. The Kier molecular flexibility index (Phi) is 2.56. The molecule has 0 spiro atoms. The van der Waals surface area contributed by atoms with E-state index in [0.717, 1.165) is 57.4 Å². The molecule has 2 aromatic heterocycles. The first-order valence-corrected chi connectivity index (χ1v) is 9.06. The number of pyridine rings is 2. The highest BCUT2D eigenvalue weighted by molar-refractivity contribution is 5.96. The van der Waals surface area contributed by atoms with E-state index in [1.54, 1.807) is 0 Å². The van der Waals surface area contributed by atoms with Gasteiger partial charge in [-0.2, -0.15) is 0 Å². The number of fused-ring (bicyclic) bond motifs is 7. The van der Waals surface area contributed by atoms with Crippen LogP contribution in [0.15, 0.2) is 48.5 Å². The Morgan fingerprint density at radius 1 is 0.692 bits per heavy atom. The quantitative estimate of drug-likeness (QED) is 0.511. The fraction of sp³-hybridized carbons (Fsp3) is 0.182. The van der Waals surface area contributed by atoms with Crippen molar-refractivity contribution in [3.63, 3.8) is 0 Å². The smallest absolute Gasteiger partial charge is 0.0726 e. The zero-order valence-electron chi connectivity index (χ0n) is 14.2. The number of hydrogen-bond donors (Lipinski definition) is 2. The Bertz CT molecular complexity index is 1130. The number of nitrogens with zero attached hydrogens (tertiary/aromatic N) is 2. The largest absolute Gasteiger partial charge is 0.398 e. The van der Waals surface area contributed by atoms with E-state index < -0.39 is 0 Å². The van der Waals surface area contributed by atoms with E-state index in [1.165, 1.54) is 11.1 Å². The van der Waals surface area contributed by atoms with Gasteiger partial charge in [-0.15, -0.1) is 0 Å². The number of aromatic nitrogens is 2. The van der Waals surface area contributed by atoms with Crippen molar-refractivity contribution in [1.29, 1.82) is 0 Å². The summed E-state index contributed by atoms with van der Waals surface area (Å²) in [5.41, 5.74) is 21.6. The minimum atomic E-state index is 0.217. The van der Waals surface area contributed by atoms with Gasteiger partial charge in [0.15, 0.2) is 0 Å². The highest BCUT2D eigenvalue weighted by atomic mass is 14.8. The molecule has 0 fully saturated rings. The molecule has 0 aliphatic heterocycles. The third-order valence-corrected chi connectivity index (χ3v) is 6.11. The molecule has 126 valence electrons. The summed E-state index contributed by atoms with van der Waals surface area (Å²) in [6.45, 7) is 0. The lowest BCUT2D eigenvalue weighted by molar-refractivity contribution is 0.543. The first kappa shape index (κ1) is 14.1. The average molecular weight is 338 g/mol. The van der Waals surface area contributed by atoms with Gasteiger partial charge in [0.05, 0.1) is 11.0 Å². The second-order valence-electron chi connectivity index (χ2n) is 7.45. The summed E-state index contributed by atoms with van der Waals surface area (Å²) in [5.74, 6) is 0.674. The fourth-order valence-electron chi connectivity index (χ4n) is 5.04. The molecular formula is C22H18N4. The van der Waals surface area contributed by atoms with Gasteiger partial charge in [-0.05, 0) is 30.9 Å². The van der Waals surface area contributed by atoms with Crippen LogP contribution in [-0.2, 0) is 12.8 Å². The molecule has 4 heteroatoms. The van der Waals surface area contributed by atoms with Crippen LogP contribution in [0.2, 0.25) is 0 Å². The number of hydrogen-bond acceptors (Lipinski definition) is 4. The highest BCUT2D eigenvalue weighted by Gasteiger charge is 2.44. The highest BCUT2D eigenvalue weighted by Crippen LogP contribution is 2.54. The van der Waals surface area contributed by atoms with Gasteiger partial charge < -0.3 is 11.5 Å². The maximum Gasteiger partial charge on any atom is 0.0726 e. The van der Waals surface area contributed by atoms with E-state index in [4.69, 9.17) is 21.4 Å². The molecule has 0 saturated carbocycles. The lowest BCUT2D eigenvalue weighted by atomic mass is 9.89. The summed E-state index contributed by atoms with van der Waals surface area (Å²) in [5, 5.41) is 2.07. The number of benzene rings is 2. The standard InChI is InChI=1S/C22H18N4/c23-21-12-5-1-3-7-14(12)25-16-9-11-10-17-20(18(11)19(16)21)22(24)13-6-2-4-8-15(13)26-17/h1-8,11,18H,9-10H2,(H2,23,25)(H2,24,26). The van der Waals surface area contributed by atoms with Gasteiger partial charge in [0.2, 0.25) is 0 Å². The first-order chi connectivity index (χ1) is 12.7. The van der Waals surface area contributed by atoms with E-state index in [1.807, 2.05) is 36.4 Å². The van der Waals surface area contributed by atoms with Crippen LogP contribution < -0.4 is 11.5 Å². The molecule has 0 atom stereocenters. The van der Waals surface area contributed by atoms with Crippen molar-refractivity contribution in [3.8, 4) is 0 Å². The van der Waals surface area contributed by atoms with E-state index in [-0.39, 0.29) is 5.92 Å². The second kappa shape index (κ2) is 4.73.